The van der Waals surface area contributed by atoms with E-state index in [4.69, 9.17) is 0 Å². The average Bonchev–Trinajstić information content (AvgIpc) is 3.05. The van der Waals surface area contributed by atoms with Crippen molar-refractivity contribution in [2.24, 2.45) is 0 Å². The Hall–Kier alpha value is -2.80. The summed E-state index contributed by atoms with van der Waals surface area (Å²) >= 11 is 0. The van der Waals surface area contributed by atoms with Gasteiger partial charge in [-0.25, -0.2) is 8.42 Å². The van der Waals surface area contributed by atoms with Crippen LogP contribution in [0.4, 0.5) is 5.69 Å². The molecular weight excluding hydrogens is 326 g/mol. The lowest BCUT2D eigenvalue weighted by Gasteiger charge is -2.18. The number of rotatable bonds is 5. The van der Waals surface area contributed by atoms with E-state index >= 15 is 0 Å². The highest BCUT2D eigenvalue weighted by molar-refractivity contribution is 7.92. The Balaban J connectivity index is 1.84. The van der Waals surface area contributed by atoms with Crippen LogP contribution < -0.4 is 4.31 Å². The van der Waals surface area contributed by atoms with Crippen LogP contribution in [-0.4, -0.2) is 30.4 Å². The predicted octanol–water partition coefficient (Wildman–Crippen LogP) is 2.46. The highest BCUT2D eigenvalue weighted by Crippen LogP contribution is 2.23. The monoisotopic (exact) mass is 343 g/mol. The van der Waals surface area contributed by atoms with Gasteiger partial charge in [0, 0.05) is 13.2 Å². The molecule has 2 aromatic carbocycles. The van der Waals surface area contributed by atoms with E-state index in [1.165, 1.54) is 31.6 Å². The smallest absolute Gasteiger partial charge is 0.267 e. The molecule has 1 aromatic heterocycles. The van der Waals surface area contributed by atoms with E-state index in [1.54, 1.807) is 16.8 Å². The van der Waals surface area contributed by atoms with E-state index in [0.29, 0.717) is 12.2 Å². The molecule has 0 amide bonds. The molecule has 0 bridgehead atoms. The number of aromatic nitrogens is 2. The molecule has 0 spiro atoms. The number of benzene rings is 2. The first-order chi connectivity index (χ1) is 11.5. The molecule has 1 heterocycles. The summed E-state index contributed by atoms with van der Waals surface area (Å²) in [7, 11) is -2.24. The van der Waals surface area contributed by atoms with E-state index in [1.807, 2.05) is 30.3 Å². The van der Waals surface area contributed by atoms with E-state index < -0.39 is 10.0 Å². The third-order valence-corrected chi connectivity index (χ3v) is 5.41. The molecule has 0 unspecified atom stereocenters. The van der Waals surface area contributed by atoms with Crippen LogP contribution in [0.2, 0.25) is 0 Å². The second-order valence-electron chi connectivity index (χ2n) is 5.35. The summed E-state index contributed by atoms with van der Waals surface area (Å²) in [5.74, 6) is 0.0835. The summed E-state index contributed by atoms with van der Waals surface area (Å²) < 4.78 is 28.1. The molecule has 1 N–H and O–H groups in total. The summed E-state index contributed by atoms with van der Waals surface area (Å²) in [6, 6.07) is 15.7. The Morgan fingerprint density at radius 2 is 1.75 bits per heavy atom. The van der Waals surface area contributed by atoms with Crippen LogP contribution in [0.5, 0.6) is 5.75 Å². The minimum Gasteiger partial charge on any atom is -0.508 e. The van der Waals surface area contributed by atoms with Crippen molar-refractivity contribution in [1.29, 1.82) is 0 Å². The Labute approximate surface area is 140 Å². The second kappa shape index (κ2) is 6.37. The number of anilines is 1. The van der Waals surface area contributed by atoms with Crippen LogP contribution in [0.15, 0.2) is 71.9 Å². The molecule has 0 radical (unpaired) electrons. The Morgan fingerprint density at radius 1 is 1.08 bits per heavy atom. The van der Waals surface area contributed by atoms with E-state index in [2.05, 4.69) is 5.10 Å². The van der Waals surface area contributed by atoms with Gasteiger partial charge in [0.25, 0.3) is 10.0 Å². The van der Waals surface area contributed by atoms with Crippen LogP contribution >= 0.6 is 0 Å². The molecule has 0 aliphatic rings. The summed E-state index contributed by atoms with van der Waals surface area (Å²) in [6.45, 7) is 0.499. The standard InChI is InChI=1S/C17H17N3O3S/c1-19(15-7-9-16(21)10-8-15)24(22,23)17-11-18-20(13-17)12-14-5-3-2-4-6-14/h2-11,13,21H,12H2,1H3. The van der Waals surface area contributed by atoms with Gasteiger partial charge in [-0.1, -0.05) is 30.3 Å². The molecule has 0 aliphatic heterocycles. The van der Waals surface area contributed by atoms with Gasteiger partial charge in [0.1, 0.15) is 10.6 Å². The second-order valence-corrected chi connectivity index (χ2v) is 7.32. The number of phenols is 1. The first kappa shape index (κ1) is 16.1. The zero-order valence-electron chi connectivity index (χ0n) is 13.1. The Kier molecular flexibility index (Phi) is 4.26. The first-order valence-corrected chi connectivity index (χ1v) is 8.75. The molecule has 0 aliphatic carbocycles. The van der Waals surface area contributed by atoms with Crippen molar-refractivity contribution < 1.29 is 13.5 Å². The van der Waals surface area contributed by atoms with Gasteiger partial charge in [0.05, 0.1) is 18.4 Å². The van der Waals surface area contributed by atoms with Crippen LogP contribution in [0.25, 0.3) is 0 Å². The van der Waals surface area contributed by atoms with Crippen molar-refractivity contribution in [3.8, 4) is 5.75 Å². The van der Waals surface area contributed by atoms with Crippen LogP contribution in [-0.2, 0) is 16.6 Å². The summed E-state index contributed by atoms with van der Waals surface area (Å²) in [6.07, 6.45) is 2.86. The zero-order chi connectivity index (χ0) is 17.2. The number of hydrogen-bond donors (Lipinski definition) is 1. The molecule has 0 saturated heterocycles. The topological polar surface area (TPSA) is 75.4 Å². The minimum atomic E-state index is -3.71. The van der Waals surface area contributed by atoms with E-state index in [-0.39, 0.29) is 10.6 Å². The normalized spacial score (nSPS) is 11.4. The molecule has 0 fully saturated rings. The van der Waals surface area contributed by atoms with Crippen LogP contribution in [0.3, 0.4) is 0 Å². The van der Waals surface area contributed by atoms with Crippen molar-refractivity contribution in [2.75, 3.05) is 11.4 Å². The zero-order valence-corrected chi connectivity index (χ0v) is 13.9. The quantitative estimate of drug-likeness (QED) is 0.772. The SMILES string of the molecule is CN(c1ccc(O)cc1)S(=O)(=O)c1cnn(Cc2ccccc2)c1. The highest BCUT2D eigenvalue weighted by Gasteiger charge is 2.23. The van der Waals surface area contributed by atoms with Crippen molar-refractivity contribution in [2.45, 2.75) is 11.4 Å². The van der Waals surface area contributed by atoms with Crippen molar-refractivity contribution in [1.82, 2.24) is 9.78 Å². The fourth-order valence-electron chi connectivity index (χ4n) is 2.29. The van der Waals surface area contributed by atoms with E-state index in [9.17, 15) is 13.5 Å². The highest BCUT2D eigenvalue weighted by atomic mass is 32.2. The lowest BCUT2D eigenvalue weighted by molar-refractivity contribution is 0.475. The summed E-state index contributed by atoms with van der Waals surface area (Å²) in [5.41, 5.74) is 1.50. The maximum absolute atomic E-state index is 12.7. The lowest BCUT2D eigenvalue weighted by atomic mass is 10.2. The summed E-state index contributed by atoms with van der Waals surface area (Å²) in [5, 5.41) is 13.5. The van der Waals surface area contributed by atoms with Gasteiger partial charge in [0.15, 0.2) is 0 Å². The van der Waals surface area contributed by atoms with Crippen LogP contribution in [0.1, 0.15) is 5.56 Å². The molecule has 24 heavy (non-hydrogen) atoms. The first-order valence-electron chi connectivity index (χ1n) is 7.31. The average molecular weight is 343 g/mol. The molecule has 124 valence electrons. The van der Waals surface area contributed by atoms with Gasteiger partial charge < -0.3 is 5.11 Å². The van der Waals surface area contributed by atoms with Crippen LogP contribution in [0, 0.1) is 0 Å². The number of nitrogens with zero attached hydrogens (tertiary/aromatic N) is 3. The molecule has 3 rings (SSSR count). The molecule has 3 aromatic rings. The maximum atomic E-state index is 12.7. The minimum absolute atomic E-state index is 0.0835. The lowest BCUT2D eigenvalue weighted by Crippen LogP contribution is -2.26. The summed E-state index contributed by atoms with van der Waals surface area (Å²) in [4.78, 5) is 0.119. The third kappa shape index (κ3) is 3.26. The molecule has 0 atom stereocenters. The Morgan fingerprint density at radius 3 is 2.42 bits per heavy atom. The van der Waals surface area contributed by atoms with Crippen molar-refractivity contribution in [3.05, 3.63) is 72.6 Å². The van der Waals surface area contributed by atoms with Crippen molar-refractivity contribution >= 4 is 15.7 Å². The fourth-order valence-corrected chi connectivity index (χ4v) is 3.44. The van der Waals surface area contributed by atoms with Crippen molar-refractivity contribution in [3.63, 3.8) is 0 Å². The Bertz CT molecular complexity index is 919. The van der Waals surface area contributed by atoms with Gasteiger partial charge in [0.2, 0.25) is 0 Å². The molecule has 7 heteroatoms. The maximum Gasteiger partial charge on any atom is 0.267 e. The largest absolute Gasteiger partial charge is 0.508 e. The van der Waals surface area contributed by atoms with E-state index in [0.717, 1.165) is 9.87 Å². The number of sulfonamides is 1. The number of phenolic OH excluding ortho intramolecular Hbond substituents is 1. The van der Waals surface area contributed by atoms with Gasteiger partial charge >= 0.3 is 0 Å². The predicted molar refractivity (Wildman–Crippen MR) is 91.5 cm³/mol. The van der Waals surface area contributed by atoms with Gasteiger partial charge in [-0.3, -0.25) is 8.99 Å². The third-order valence-electron chi connectivity index (χ3n) is 3.67. The van der Waals surface area contributed by atoms with Gasteiger partial charge in [-0.15, -0.1) is 0 Å². The molecule has 0 saturated carbocycles. The fraction of sp³-hybridized carbons (Fsp3) is 0.118. The number of aromatic hydroxyl groups is 1. The van der Waals surface area contributed by atoms with Gasteiger partial charge in [-0.2, -0.15) is 5.10 Å². The molecule has 6 nitrogen and oxygen atoms in total. The van der Waals surface area contributed by atoms with Gasteiger partial charge in [-0.05, 0) is 29.8 Å². The molecular formula is C17H17N3O3S. The number of hydrogen-bond acceptors (Lipinski definition) is 4.